The summed E-state index contributed by atoms with van der Waals surface area (Å²) < 4.78 is 19.0. The number of para-hydroxylation sites is 1. The fourth-order valence-electron chi connectivity index (χ4n) is 2.17. The normalized spacial score (nSPS) is 12.2. The predicted molar refractivity (Wildman–Crippen MR) is 79.5 cm³/mol. The molecule has 0 heterocycles. The van der Waals surface area contributed by atoms with Gasteiger partial charge >= 0.3 is 0 Å². The van der Waals surface area contributed by atoms with Crippen LogP contribution in [-0.4, -0.2) is 13.7 Å². The standard InChI is InChI=1S/C17H20FNO/c1-13-12-14(8-9-16(13)18)17(19-2)10-11-20-15-6-4-3-5-7-15/h3-9,12,17,19H,10-11H2,1-2H3. The molecule has 20 heavy (non-hydrogen) atoms. The highest BCUT2D eigenvalue weighted by molar-refractivity contribution is 5.26. The van der Waals surface area contributed by atoms with Crippen molar-refractivity contribution in [3.63, 3.8) is 0 Å². The zero-order valence-corrected chi connectivity index (χ0v) is 11.9. The third-order valence-electron chi connectivity index (χ3n) is 3.35. The van der Waals surface area contributed by atoms with Gasteiger partial charge < -0.3 is 10.1 Å². The van der Waals surface area contributed by atoms with E-state index in [-0.39, 0.29) is 11.9 Å². The molecule has 1 unspecified atom stereocenters. The number of ether oxygens (including phenoxy) is 1. The first-order valence-corrected chi connectivity index (χ1v) is 6.82. The van der Waals surface area contributed by atoms with E-state index in [1.165, 1.54) is 6.07 Å². The second-order valence-electron chi connectivity index (χ2n) is 4.80. The van der Waals surface area contributed by atoms with Crippen LogP contribution in [0.4, 0.5) is 4.39 Å². The van der Waals surface area contributed by atoms with Gasteiger partial charge in [0.1, 0.15) is 11.6 Å². The van der Waals surface area contributed by atoms with E-state index in [0.717, 1.165) is 17.7 Å². The topological polar surface area (TPSA) is 21.3 Å². The molecular formula is C17H20FNO. The van der Waals surface area contributed by atoms with Crippen LogP contribution >= 0.6 is 0 Å². The third-order valence-corrected chi connectivity index (χ3v) is 3.35. The highest BCUT2D eigenvalue weighted by Crippen LogP contribution is 2.20. The second-order valence-corrected chi connectivity index (χ2v) is 4.80. The van der Waals surface area contributed by atoms with Gasteiger partial charge in [0.2, 0.25) is 0 Å². The van der Waals surface area contributed by atoms with Gasteiger partial charge in [0.25, 0.3) is 0 Å². The maximum absolute atomic E-state index is 13.3. The molecule has 0 aliphatic carbocycles. The molecule has 0 saturated heterocycles. The molecule has 0 amide bonds. The fourth-order valence-corrected chi connectivity index (χ4v) is 2.17. The van der Waals surface area contributed by atoms with Crippen LogP contribution in [0, 0.1) is 12.7 Å². The van der Waals surface area contributed by atoms with Crippen LogP contribution in [0.1, 0.15) is 23.6 Å². The Labute approximate surface area is 119 Å². The SMILES string of the molecule is CNC(CCOc1ccccc1)c1ccc(F)c(C)c1. The average Bonchev–Trinajstić information content (AvgIpc) is 2.48. The molecule has 3 heteroatoms. The number of halogens is 1. The Morgan fingerprint density at radius 2 is 1.90 bits per heavy atom. The van der Waals surface area contributed by atoms with Crippen molar-refractivity contribution < 1.29 is 9.13 Å². The molecule has 2 aromatic carbocycles. The van der Waals surface area contributed by atoms with Gasteiger partial charge in [0.05, 0.1) is 6.61 Å². The van der Waals surface area contributed by atoms with E-state index >= 15 is 0 Å². The summed E-state index contributed by atoms with van der Waals surface area (Å²) in [7, 11) is 1.91. The lowest BCUT2D eigenvalue weighted by atomic mass is 10.0. The molecule has 0 aromatic heterocycles. The number of benzene rings is 2. The summed E-state index contributed by atoms with van der Waals surface area (Å²) in [5.74, 6) is 0.710. The molecule has 0 spiro atoms. The first kappa shape index (κ1) is 14.5. The van der Waals surface area contributed by atoms with Gasteiger partial charge in [-0.15, -0.1) is 0 Å². The van der Waals surface area contributed by atoms with Crippen molar-refractivity contribution in [3.8, 4) is 5.75 Å². The van der Waals surface area contributed by atoms with Crippen LogP contribution in [0.15, 0.2) is 48.5 Å². The number of aryl methyl sites for hydroxylation is 1. The summed E-state index contributed by atoms with van der Waals surface area (Å²) in [4.78, 5) is 0. The summed E-state index contributed by atoms with van der Waals surface area (Å²) >= 11 is 0. The zero-order chi connectivity index (χ0) is 14.4. The van der Waals surface area contributed by atoms with E-state index in [1.54, 1.807) is 6.92 Å². The molecule has 2 nitrogen and oxygen atoms in total. The van der Waals surface area contributed by atoms with E-state index in [1.807, 2.05) is 49.5 Å². The molecule has 0 saturated carbocycles. The molecule has 2 aromatic rings. The first-order valence-electron chi connectivity index (χ1n) is 6.82. The smallest absolute Gasteiger partial charge is 0.126 e. The lowest BCUT2D eigenvalue weighted by molar-refractivity contribution is 0.290. The van der Waals surface area contributed by atoms with Crippen LogP contribution in [0.25, 0.3) is 0 Å². The summed E-state index contributed by atoms with van der Waals surface area (Å²) in [6.07, 6.45) is 0.830. The van der Waals surface area contributed by atoms with Gasteiger partial charge in [-0.05, 0) is 43.3 Å². The van der Waals surface area contributed by atoms with E-state index in [4.69, 9.17) is 4.74 Å². The van der Waals surface area contributed by atoms with Crippen LogP contribution in [0.5, 0.6) is 5.75 Å². The van der Waals surface area contributed by atoms with Crippen LogP contribution in [0.2, 0.25) is 0 Å². The summed E-state index contributed by atoms with van der Waals surface area (Å²) in [6, 6.07) is 15.1. The molecule has 2 rings (SSSR count). The van der Waals surface area contributed by atoms with E-state index in [0.29, 0.717) is 12.2 Å². The minimum atomic E-state index is -0.163. The highest BCUT2D eigenvalue weighted by Gasteiger charge is 2.10. The Balaban J connectivity index is 1.93. The number of nitrogens with one attached hydrogen (secondary N) is 1. The fraction of sp³-hybridized carbons (Fsp3) is 0.294. The van der Waals surface area contributed by atoms with E-state index in [9.17, 15) is 4.39 Å². The van der Waals surface area contributed by atoms with Gasteiger partial charge in [0, 0.05) is 12.5 Å². The van der Waals surface area contributed by atoms with Crippen LogP contribution in [-0.2, 0) is 0 Å². The van der Waals surface area contributed by atoms with Crippen molar-refractivity contribution >= 4 is 0 Å². The largest absolute Gasteiger partial charge is 0.494 e. The van der Waals surface area contributed by atoms with E-state index in [2.05, 4.69) is 5.32 Å². The molecular weight excluding hydrogens is 253 g/mol. The minimum absolute atomic E-state index is 0.163. The molecule has 1 N–H and O–H groups in total. The second kappa shape index (κ2) is 7.06. The predicted octanol–water partition coefficient (Wildman–Crippen LogP) is 3.86. The lowest BCUT2D eigenvalue weighted by Crippen LogP contribution is -2.19. The maximum atomic E-state index is 13.3. The molecule has 0 aliphatic rings. The van der Waals surface area contributed by atoms with Crippen molar-refractivity contribution in [2.45, 2.75) is 19.4 Å². The Morgan fingerprint density at radius 3 is 2.55 bits per heavy atom. The quantitative estimate of drug-likeness (QED) is 0.862. The Bertz CT molecular complexity index is 542. The van der Waals surface area contributed by atoms with Crippen LogP contribution in [0.3, 0.4) is 0 Å². The number of hydrogen-bond donors (Lipinski definition) is 1. The van der Waals surface area contributed by atoms with Crippen molar-refractivity contribution in [2.75, 3.05) is 13.7 Å². The van der Waals surface area contributed by atoms with Crippen molar-refractivity contribution in [1.29, 1.82) is 0 Å². The van der Waals surface area contributed by atoms with Gasteiger partial charge in [-0.2, -0.15) is 0 Å². The first-order chi connectivity index (χ1) is 9.70. The summed E-state index contributed by atoms with van der Waals surface area (Å²) in [5.41, 5.74) is 1.76. The Kier molecular flexibility index (Phi) is 5.13. The van der Waals surface area contributed by atoms with Gasteiger partial charge in [-0.3, -0.25) is 0 Å². The number of rotatable bonds is 6. The Morgan fingerprint density at radius 1 is 1.15 bits per heavy atom. The number of hydrogen-bond acceptors (Lipinski definition) is 2. The van der Waals surface area contributed by atoms with Crippen molar-refractivity contribution in [2.24, 2.45) is 0 Å². The lowest BCUT2D eigenvalue weighted by Gasteiger charge is -2.17. The van der Waals surface area contributed by atoms with Crippen LogP contribution < -0.4 is 10.1 Å². The van der Waals surface area contributed by atoms with Crippen molar-refractivity contribution in [3.05, 3.63) is 65.5 Å². The average molecular weight is 273 g/mol. The molecule has 0 bridgehead atoms. The van der Waals surface area contributed by atoms with Gasteiger partial charge in [-0.1, -0.05) is 30.3 Å². The maximum Gasteiger partial charge on any atom is 0.126 e. The molecule has 0 fully saturated rings. The highest BCUT2D eigenvalue weighted by atomic mass is 19.1. The zero-order valence-electron chi connectivity index (χ0n) is 11.9. The molecule has 0 radical (unpaired) electrons. The van der Waals surface area contributed by atoms with Gasteiger partial charge in [0.15, 0.2) is 0 Å². The Hall–Kier alpha value is -1.87. The van der Waals surface area contributed by atoms with E-state index < -0.39 is 0 Å². The molecule has 0 aliphatic heterocycles. The van der Waals surface area contributed by atoms with Gasteiger partial charge in [-0.25, -0.2) is 4.39 Å². The minimum Gasteiger partial charge on any atom is -0.494 e. The molecule has 106 valence electrons. The summed E-state index contributed by atoms with van der Waals surface area (Å²) in [6.45, 7) is 2.40. The van der Waals surface area contributed by atoms with Crippen molar-refractivity contribution in [1.82, 2.24) is 5.32 Å². The monoisotopic (exact) mass is 273 g/mol. The summed E-state index contributed by atoms with van der Waals surface area (Å²) in [5, 5.41) is 3.25. The molecule has 1 atom stereocenters. The third kappa shape index (κ3) is 3.81.